The van der Waals surface area contributed by atoms with Gasteiger partial charge in [0.15, 0.2) is 0 Å². The van der Waals surface area contributed by atoms with Crippen LogP contribution < -0.4 is 10.1 Å². The van der Waals surface area contributed by atoms with Gasteiger partial charge in [-0.1, -0.05) is 46.3 Å². The van der Waals surface area contributed by atoms with Crippen molar-refractivity contribution in [2.75, 3.05) is 13.7 Å². The maximum absolute atomic E-state index is 12.2. The van der Waals surface area contributed by atoms with Crippen LogP contribution in [0, 0.1) is 11.3 Å². The number of nitrogens with one attached hydrogen (secondary N) is 1. The van der Waals surface area contributed by atoms with Crippen LogP contribution in [0.4, 0.5) is 0 Å². The SMILES string of the molecule is COc1ccc(Br)cc1/C=C(/C#N)C(=O)NCCc1ccccc1. The van der Waals surface area contributed by atoms with Gasteiger partial charge in [0.2, 0.25) is 0 Å². The van der Waals surface area contributed by atoms with E-state index in [1.165, 1.54) is 6.08 Å². The molecule has 0 heterocycles. The van der Waals surface area contributed by atoms with Crippen molar-refractivity contribution in [1.82, 2.24) is 5.32 Å². The summed E-state index contributed by atoms with van der Waals surface area (Å²) in [5.74, 6) is 0.207. The highest BCUT2D eigenvalue weighted by Crippen LogP contribution is 2.25. The normalized spacial score (nSPS) is 10.8. The zero-order valence-corrected chi connectivity index (χ0v) is 14.8. The molecule has 0 aromatic heterocycles. The van der Waals surface area contributed by atoms with Crippen LogP contribution >= 0.6 is 15.9 Å². The largest absolute Gasteiger partial charge is 0.496 e. The van der Waals surface area contributed by atoms with Crippen molar-refractivity contribution in [3.63, 3.8) is 0 Å². The van der Waals surface area contributed by atoms with Gasteiger partial charge in [-0.3, -0.25) is 4.79 Å². The van der Waals surface area contributed by atoms with Gasteiger partial charge in [-0.05, 0) is 36.3 Å². The minimum absolute atomic E-state index is 0.0412. The van der Waals surface area contributed by atoms with E-state index >= 15 is 0 Å². The summed E-state index contributed by atoms with van der Waals surface area (Å²) in [6.45, 7) is 0.470. The van der Waals surface area contributed by atoms with E-state index in [1.54, 1.807) is 19.2 Å². The fourth-order valence-electron chi connectivity index (χ4n) is 2.18. The molecular formula is C19H17BrN2O2. The zero-order chi connectivity index (χ0) is 17.4. The van der Waals surface area contributed by atoms with Gasteiger partial charge in [0.05, 0.1) is 7.11 Å². The fraction of sp³-hybridized carbons (Fsp3) is 0.158. The highest BCUT2D eigenvalue weighted by molar-refractivity contribution is 9.10. The number of benzene rings is 2. The number of ether oxygens (including phenoxy) is 1. The average molecular weight is 385 g/mol. The Balaban J connectivity index is 2.06. The maximum Gasteiger partial charge on any atom is 0.261 e. The number of halogens is 1. The maximum atomic E-state index is 12.2. The fourth-order valence-corrected chi connectivity index (χ4v) is 2.56. The summed E-state index contributed by atoms with van der Waals surface area (Å²) in [6, 6.07) is 17.2. The smallest absolute Gasteiger partial charge is 0.261 e. The molecule has 0 bridgehead atoms. The molecule has 2 rings (SSSR count). The predicted octanol–water partition coefficient (Wildman–Crippen LogP) is 3.72. The molecule has 0 spiro atoms. The lowest BCUT2D eigenvalue weighted by Crippen LogP contribution is -2.26. The van der Waals surface area contributed by atoms with E-state index in [2.05, 4.69) is 21.2 Å². The molecule has 2 aromatic rings. The van der Waals surface area contributed by atoms with Crippen LogP contribution in [0.3, 0.4) is 0 Å². The second-order valence-electron chi connectivity index (χ2n) is 5.05. The molecule has 1 N–H and O–H groups in total. The van der Waals surface area contributed by atoms with Gasteiger partial charge in [0.25, 0.3) is 5.91 Å². The molecule has 4 nitrogen and oxygen atoms in total. The Bertz CT molecular complexity index is 780. The summed E-state index contributed by atoms with van der Waals surface area (Å²) in [5, 5.41) is 12.0. The Labute approximate surface area is 149 Å². The molecule has 0 radical (unpaired) electrons. The van der Waals surface area contributed by atoms with Crippen molar-refractivity contribution in [1.29, 1.82) is 5.26 Å². The third-order valence-corrected chi connectivity index (χ3v) is 3.89. The average Bonchev–Trinajstić information content (AvgIpc) is 2.60. The van der Waals surface area contributed by atoms with E-state index in [-0.39, 0.29) is 5.57 Å². The number of rotatable bonds is 6. The summed E-state index contributed by atoms with van der Waals surface area (Å²) in [4.78, 5) is 12.2. The van der Waals surface area contributed by atoms with Crippen LogP contribution in [0.15, 0.2) is 58.6 Å². The first-order valence-electron chi connectivity index (χ1n) is 7.41. The molecule has 0 aliphatic heterocycles. The predicted molar refractivity (Wildman–Crippen MR) is 97.4 cm³/mol. The van der Waals surface area contributed by atoms with Gasteiger partial charge in [-0.25, -0.2) is 0 Å². The quantitative estimate of drug-likeness (QED) is 0.609. The van der Waals surface area contributed by atoms with Crippen LogP contribution in [0.2, 0.25) is 0 Å². The van der Waals surface area contributed by atoms with E-state index in [9.17, 15) is 10.1 Å². The van der Waals surface area contributed by atoms with Crippen LogP contribution in [0.25, 0.3) is 6.08 Å². The summed E-state index contributed by atoms with van der Waals surface area (Å²) in [7, 11) is 1.55. The van der Waals surface area contributed by atoms with Crippen molar-refractivity contribution in [2.24, 2.45) is 0 Å². The van der Waals surface area contributed by atoms with Gasteiger partial charge >= 0.3 is 0 Å². The van der Waals surface area contributed by atoms with Crippen LogP contribution in [0.5, 0.6) is 5.75 Å². The Morgan fingerprint density at radius 3 is 2.71 bits per heavy atom. The number of nitrogens with zero attached hydrogens (tertiary/aromatic N) is 1. The molecule has 0 saturated carbocycles. The standard InChI is InChI=1S/C19H17BrN2O2/c1-24-18-8-7-17(20)12-15(18)11-16(13-21)19(23)22-10-9-14-5-3-2-4-6-14/h2-8,11-12H,9-10H2,1H3,(H,22,23)/b16-11-. The van der Waals surface area contributed by atoms with Crippen molar-refractivity contribution < 1.29 is 9.53 Å². The van der Waals surface area contributed by atoms with E-state index < -0.39 is 5.91 Å². The number of hydrogen-bond acceptors (Lipinski definition) is 3. The van der Waals surface area contributed by atoms with Gasteiger partial charge in [0.1, 0.15) is 17.4 Å². The molecule has 1 amide bonds. The topological polar surface area (TPSA) is 62.1 Å². The lowest BCUT2D eigenvalue weighted by molar-refractivity contribution is -0.117. The number of hydrogen-bond donors (Lipinski definition) is 1. The summed E-state index contributed by atoms with van der Waals surface area (Å²) in [5.41, 5.74) is 1.84. The van der Waals surface area contributed by atoms with E-state index in [4.69, 9.17) is 4.74 Å². The third-order valence-electron chi connectivity index (χ3n) is 3.40. The molecule has 0 fully saturated rings. The van der Waals surface area contributed by atoms with Crippen molar-refractivity contribution in [2.45, 2.75) is 6.42 Å². The molecule has 0 aliphatic rings. The highest BCUT2D eigenvalue weighted by Gasteiger charge is 2.10. The summed E-state index contributed by atoms with van der Waals surface area (Å²) < 4.78 is 6.10. The second-order valence-corrected chi connectivity index (χ2v) is 5.96. The van der Waals surface area contributed by atoms with Gasteiger partial charge < -0.3 is 10.1 Å². The molecule has 5 heteroatoms. The lowest BCUT2D eigenvalue weighted by Gasteiger charge is -2.07. The molecular weight excluding hydrogens is 368 g/mol. The summed E-state index contributed by atoms with van der Waals surface area (Å²) in [6.07, 6.45) is 2.24. The van der Waals surface area contributed by atoms with E-state index in [0.717, 1.165) is 10.0 Å². The molecule has 0 atom stereocenters. The number of carbonyl (C=O) groups excluding carboxylic acids is 1. The monoisotopic (exact) mass is 384 g/mol. The van der Waals surface area contributed by atoms with Gasteiger partial charge in [-0.15, -0.1) is 0 Å². The van der Waals surface area contributed by atoms with E-state index in [0.29, 0.717) is 24.3 Å². The Kier molecular flexibility index (Phi) is 6.59. The van der Waals surface area contributed by atoms with E-state index in [1.807, 2.05) is 42.5 Å². The molecule has 2 aromatic carbocycles. The van der Waals surface area contributed by atoms with Crippen LogP contribution in [0.1, 0.15) is 11.1 Å². The minimum atomic E-state index is -0.393. The number of amides is 1. The Morgan fingerprint density at radius 2 is 2.04 bits per heavy atom. The lowest BCUT2D eigenvalue weighted by atomic mass is 10.1. The second kappa shape index (κ2) is 8.90. The van der Waals surface area contributed by atoms with Gasteiger partial charge in [-0.2, -0.15) is 5.26 Å². The first kappa shape index (κ1) is 17.8. The number of methoxy groups -OCH3 is 1. The Morgan fingerprint density at radius 1 is 1.29 bits per heavy atom. The first-order valence-corrected chi connectivity index (χ1v) is 8.21. The molecule has 0 unspecified atom stereocenters. The summed E-state index contributed by atoms with van der Waals surface area (Å²) >= 11 is 3.37. The van der Waals surface area contributed by atoms with Crippen LogP contribution in [-0.4, -0.2) is 19.6 Å². The molecule has 0 saturated heterocycles. The van der Waals surface area contributed by atoms with Crippen molar-refractivity contribution in [3.05, 3.63) is 69.7 Å². The van der Waals surface area contributed by atoms with Crippen molar-refractivity contribution in [3.8, 4) is 11.8 Å². The molecule has 24 heavy (non-hydrogen) atoms. The number of carbonyl (C=O) groups is 1. The first-order chi connectivity index (χ1) is 11.6. The molecule has 0 aliphatic carbocycles. The highest BCUT2D eigenvalue weighted by atomic mass is 79.9. The number of nitriles is 1. The van der Waals surface area contributed by atoms with Crippen molar-refractivity contribution >= 4 is 27.9 Å². The van der Waals surface area contributed by atoms with Gasteiger partial charge in [0, 0.05) is 16.6 Å². The minimum Gasteiger partial charge on any atom is -0.496 e. The Hall–Kier alpha value is -2.58. The third kappa shape index (κ3) is 4.97. The van der Waals surface area contributed by atoms with Crippen LogP contribution in [-0.2, 0) is 11.2 Å². The zero-order valence-electron chi connectivity index (χ0n) is 13.3. The molecule has 122 valence electrons.